The summed E-state index contributed by atoms with van der Waals surface area (Å²) in [6.07, 6.45) is 0.710. The molecule has 3 aromatic rings. The fourth-order valence-electron chi connectivity index (χ4n) is 2.70. The monoisotopic (exact) mass is 368 g/mol. The van der Waals surface area contributed by atoms with E-state index >= 15 is 0 Å². The minimum absolute atomic E-state index is 0.163. The molecular weight excluding hydrogens is 348 g/mol. The minimum Gasteiger partial charge on any atom is -0.493 e. The number of carbonyl (C=O) groups excluding carboxylic acids is 1. The molecule has 0 atom stereocenters. The number of fused-ring (bicyclic) bond motifs is 1. The summed E-state index contributed by atoms with van der Waals surface area (Å²) in [5.74, 6) is 0.960. The second kappa shape index (κ2) is 8.31. The van der Waals surface area contributed by atoms with Crippen molar-refractivity contribution in [2.45, 2.75) is 19.4 Å². The molecule has 0 bridgehead atoms. The molecule has 0 unspecified atom stereocenters. The average molecular weight is 368 g/mol. The summed E-state index contributed by atoms with van der Waals surface area (Å²) in [5, 5.41) is 11.3. The molecule has 0 aliphatic rings. The van der Waals surface area contributed by atoms with Crippen molar-refractivity contribution >= 4 is 22.5 Å². The molecule has 0 saturated carbocycles. The van der Waals surface area contributed by atoms with Gasteiger partial charge < -0.3 is 14.8 Å². The van der Waals surface area contributed by atoms with Gasteiger partial charge >= 0.3 is 0 Å². The van der Waals surface area contributed by atoms with Crippen LogP contribution in [0, 0.1) is 0 Å². The van der Waals surface area contributed by atoms with E-state index in [1.807, 2.05) is 0 Å². The van der Waals surface area contributed by atoms with E-state index in [4.69, 9.17) is 9.47 Å². The van der Waals surface area contributed by atoms with Gasteiger partial charge in [0.1, 0.15) is 5.52 Å². The number of amides is 1. The summed E-state index contributed by atoms with van der Waals surface area (Å²) in [7, 11) is 3.08. The van der Waals surface area contributed by atoms with E-state index in [0.717, 1.165) is 0 Å². The molecule has 0 radical (unpaired) electrons. The number of anilines is 1. The highest BCUT2D eigenvalue weighted by atomic mass is 16.5. The van der Waals surface area contributed by atoms with Gasteiger partial charge in [-0.1, -0.05) is 17.3 Å². The van der Waals surface area contributed by atoms with Crippen LogP contribution < -0.4 is 20.3 Å². The number of aromatic nitrogens is 3. The van der Waals surface area contributed by atoms with Crippen LogP contribution in [0.25, 0.3) is 10.9 Å². The zero-order valence-corrected chi connectivity index (χ0v) is 15.1. The summed E-state index contributed by atoms with van der Waals surface area (Å²) in [6.45, 7) is 0.315. The topological polar surface area (TPSA) is 95.3 Å². The Kier molecular flexibility index (Phi) is 5.65. The van der Waals surface area contributed by atoms with Gasteiger partial charge in [-0.3, -0.25) is 9.59 Å². The second-order valence-electron chi connectivity index (χ2n) is 5.86. The van der Waals surface area contributed by atoms with Gasteiger partial charge in [-0.2, -0.15) is 0 Å². The van der Waals surface area contributed by atoms with E-state index in [1.165, 1.54) is 11.8 Å². The van der Waals surface area contributed by atoms with E-state index < -0.39 is 0 Å². The predicted molar refractivity (Wildman–Crippen MR) is 101 cm³/mol. The molecule has 0 fully saturated rings. The van der Waals surface area contributed by atoms with Crippen molar-refractivity contribution in [3.05, 3.63) is 52.8 Å². The van der Waals surface area contributed by atoms with Crippen LogP contribution in [0.15, 0.2) is 47.3 Å². The smallest absolute Gasteiger partial charge is 0.277 e. The fraction of sp³-hybridized carbons (Fsp3) is 0.263. The normalized spacial score (nSPS) is 10.6. The van der Waals surface area contributed by atoms with Gasteiger partial charge in [-0.15, -0.1) is 5.10 Å². The number of hydrogen-bond acceptors (Lipinski definition) is 6. The Balaban J connectivity index is 1.59. The van der Waals surface area contributed by atoms with E-state index in [-0.39, 0.29) is 17.9 Å². The Labute approximate surface area is 155 Å². The lowest BCUT2D eigenvalue weighted by molar-refractivity contribution is -0.116. The van der Waals surface area contributed by atoms with E-state index in [2.05, 4.69) is 15.6 Å². The predicted octanol–water partition coefficient (Wildman–Crippen LogP) is 2.23. The lowest BCUT2D eigenvalue weighted by Gasteiger charge is -2.10. The van der Waals surface area contributed by atoms with Crippen molar-refractivity contribution in [1.82, 2.24) is 15.0 Å². The number of aryl methyl sites for hydroxylation is 1. The molecule has 8 nitrogen and oxygen atoms in total. The van der Waals surface area contributed by atoms with Crippen LogP contribution in [0.4, 0.5) is 5.69 Å². The molecule has 0 aliphatic heterocycles. The summed E-state index contributed by atoms with van der Waals surface area (Å²) in [5.41, 5.74) is 0.964. The van der Waals surface area contributed by atoms with Crippen molar-refractivity contribution in [2.24, 2.45) is 0 Å². The van der Waals surface area contributed by atoms with Crippen molar-refractivity contribution in [3.63, 3.8) is 0 Å². The third kappa shape index (κ3) is 4.22. The van der Waals surface area contributed by atoms with E-state index in [9.17, 15) is 9.59 Å². The first-order valence-electron chi connectivity index (χ1n) is 8.47. The van der Waals surface area contributed by atoms with Crippen LogP contribution in [-0.2, 0) is 11.3 Å². The number of rotatable bonds is 7. The molecule has 1 aromatic heterocycles. The number of benzene rings is 2. The Morgan fingerprint density at radius 1 is 1.11 bits per heavy atom. The highest BCUT2D eigenvalue weighted by molar-refractivity contribution is 5.91. The first-order chi connectivity index (χ1) is 13.1. The van der Waals surface area contributed by atoms with Crippen LogP contribution in [0.1, 0.15) is 12.8 Å². The van der Waals surface area contributed by atoms with Crippen LogP contribution in [0.5, 0.6) is 11.5 Å². The third-order valence-electron chi connectivity index (χ3n) is 4.07. The lowest BCUT2D eigenvalue weighted by atomic mass is 10.2. The lowest BCUT2D eigenvalue weighted by Crippen LogP contribution is -2.25. The highest BCUT2D eigenvalue weighted by Gasteiger charge is 2.09. The quantitative estimate of drug-likeness (QED) is 0.687. The summed E-state index contributed by atoms with van der Waals surface area (Å²) in [6, 6.07) is 12.2. The number of ether oxygens (including phenoxy) is 2. The number of methoxy groups -OCH3 is 2. The molecule has 8 heteroatoms. The summed E-state index contributed by atoms with van der Waals surface area (Å²) < 4.78 is 11.7. The molecule has 27 heavy (non-hydrogen) atoms. The van der Waals surface area contributed by atoms with Crippen LogP contribution >= 0.6 is 0 Å². The molecule has 1 N–H and O–H groups in total. The van der Waals surface area contributed by atoms with Gasteiger partial charge in [-0.05, 0) is 30.7 Å². The van der Waals surface area contributed by atoms with Crippen LogP contribution in [0.3, 0.4) is 0 Å². The van der Waals surface area contributed by atoms with E-state index in [1.54, 1.807) is 49.6 Å². The van der Waals surface area contributed by atoms with Crippen LogP contribution in [-0.4, -0.2) is 35.1 Å². The standard InChI is InChI=1S/C19H20N4O4/c1-26-16-10-9-13(12-17(16)27-2)20-18(24)8-5-11-23-19(25)14-6-3-4-7-15(14)21-22-23/h3-4,6-7,9-10,12H,5,8,11H2,1-2H3,(H,20,24). The Bertz CT molecular complexity index is 1020. The molecule has 0 aliphatic carbocycles. The second-order valence-corrected chi connectivity index (χ2v) is 5.86. The Hall–Kier alpha value is -3.42. The summed E-state index contributed by atoms with van der Waals surface area (Å²) in [4.78, 5) is 24.5. The van der Waals surface area contributed by atoms with Gasteiger partial charge in [0.05, 0.1) is 19.6 Å². The van der Waals surface area contributed by atoms with Gasteiger partial charge in [0.15, 0.2) is 11.5 Å². The third-order valence-corrected chi connectivity index (χ3v) is 4.07. The molecule has 1 heterocycles. The van der Waals surface area contributed by atoms with E-state index in [0.29, 0.717) is 41.1 Å². The van der Waals surface area contributed by atoms with Crippen molar-refractivity contribution < 1.29 is 14.3 Å². The zero-order chi connectivity index (χ0) is 19.2. The highest BCUT2D eigenvalue weighted by Crippen LogP contribution is 2.29. The first kappa shape index (κ1) is 18.4. The molecule has 140 valence electrons. The Morgan fingerprint density at radius 3 is 2.67 bits per heavy atom. The van der Waals surface area contributed by atoms with Gasteiger partial charge in [-0.25, -0.2) is 4.68 Å². The van der Waals surface area contributed by atoms with Crippen molar-refractivity contribution in [2.75, 3.05) is 19.5 Å². The largest absolute Gasteiger partial charge is 0.493 e. The van der Waals surface area contributed by atoms with Gasteiger partial charge in [0, 0.05) is 24.7 Å². The zero-order valence-electron chi connectivity index (χ0n) is 15.1. The average Bonchev–Trinajstić information content (AvgIpc) is 2.69. The summed E-state index contributed by atoms with van der Waals surface area (Å²) >= 11 is 0. The maximum Gasteiger partial charge on any atom is 0.277 e. The molecule has 0 spiro atoms. The first-order valence-corrected chi connectivity index (χ1v) is 8.47. The number of carbonyl (C=O) groups is 1. The van der Waals surface area contributed by atoms with Crippen LogP contribution in [0.2, 0.25) is 0 Å². The molecule has 2 aromatic carbocycles. The maximum absolute atomic E-state index is 12.4. The molecule has 1 amide bonds. The van der Waals surface area contributed by atoms with Gasteiger partial charge in [0.25, 0.3) is 5.56 Å². The SMILES string of the molecule is COc1ccc(NC(=O)CCCn2nnc3ccccc3c2=O)cc1OC. The minimum atomic E-state index is -0.208. The molecule has 3 rings (SSSR count). The number of hydrogen-bond donors (Lipinski definition) is 1. The Morgan fingerprint density at radius 2 is 1.89 bits per heavy atom. The molecule has 0 saturated heterocycles. The van der Waals surface area contributed by atoms with Gasteiger partial charge in [0.2, 0.25) is 5.91 Å². The fourth-order valence-corrected chi connectivity index (χ4v) is 2.70. The van der Waals surface area contributed by atoms with Crippen molar-refractivity contribution in [3.8, 4) is 11.5 Å². The molecular formula is C19H20N4O4. The van der Waals surface area contributed by atoms with Crippen molar-refractivity contribution in [1.29, 1.82) is 0 Å². The number of nitrogens with one attached hydrogen (secondary N) is 1. The number of nitrogens with zero attached hydrogens (tertiary/aromatic N) is 3. The maximum atomic E-state index is 12.4.